The van der Waals surface area contributed by atoms with Gasteiger partial charge >= 0.3 is 0 Å². The lowest BCUT2D eigenvalue weighted by Gasteiger charge is -2.20. The Morgan fingerprint density at radius 3 is 2.77 bits per heavy atom. The van der Waals surface area contributed by atoms with Crippen LogP contribution in [0, 0.1) is 11.3 Å². The number of aryl methyl sites for hydroxylation is 2. The zero-order chi connectivity index (χ0) is 20.9. The van der Waals surface area contributed by atoms with E-state index in [0.717, 1.165) is 35.0 Å². The molecule has 1 aliphatic carbocycles. The van der Waals surface area contributed by atoms with Gasteiger partial charge in [0.1, 0.15) is 11.6 Å². The molecule has 3 aromatic rings. The molecule has 0 aliphatic heterocycles. The van der Waals surface area contributed by atoms with Gasteiger partial charge < -0.3 is 10.6 Å². The summed E-state index contributed by atoms with van der Waals surface area (Å²) in [5, 5.41) is 16.5. The van der Waals surface area contributed by atoms with E-state index in [9.17, 15) is 10.1 Å². The lowest BCUT2D eigenvalue weighted by Crippen LogP contribution is -2.28. The standard InChI is InChI=1S/C25H24N4O/c1-17(20-12-11-18-6-2-3-7-21(18)14-20)29-25(30)22(15-26)16-28-23-10-4-8-19-9-5-13-27-24(19)23/h4-5,8-14,16-17,28H,2-3,6-7H2,1H3,(H,29,30)/b22-16-. The number of fused-ring (bicyclic) bond motifs is 2. The third kappa shape index (κ3) is 4.18. The van der Waals surface area contributed by atoms with Crippen LogP contribution in [0.3, 0.4) is 0 Å². The normalized spacial score (nSPS) is 14.5. The second-order valence-electron chi connectivity index (χ2n) is 7.63. The van der Waals surface area contributed by atoms with Gasteiger partial charge in [-0.1, -0.05) is 36.4 Å². The lowest BCUT2D eigenvalue weighted by molar-refractivity contribution is -0.117. The highest BCUT2D eigenvalue weighted by Gasteiger charge is 2.16. The second kappa shape index (κ2) is 8.79. The number of hydrogen-bond donors (Lipinski definition) is 2. The van der Waals surface area contributed by atoms with Gasteiger partial charge in [0.05, 0.1) is 17.2 Å². The van der Waals surface area contributed by atoms with E-state index >= 15 is 0 Å². The number of nitrogens with zero attached hydrogens (tertiary/aromatic N) is 2. The first-order valence-electron chi connectivity index (χ1n) is 10.3. The average molecular weight is 396 g/mol. The fraction of sp³-hybridized carbons (Fsp3) is 0.240. The fourth-order valence-electron chi connectivity index (χ4n) is 3.90. The summed E-state index contributed by atoms with van der Waals surface area (Å²) in [7, 11) is 0. The molecule has 30 heavy (non-hydrogen) atoms. The van der Waals surface area contributed by atoms with Crippen LogP contribution in [-0.2, 0) is 17.6 Å². The van der Waals surface area contributed by atoms with Crippen LogP contribution in [0.25, 0.3) is 10.9 Å². The largest absolute Gasteiger partial charge is 0.358 e. The van der Waals surface area contributed by atoms with Gasteiger partial charge in [0.15, 0.2) is 0 Å². The van der Waals surface area contributed by atoms with E-state index in [1.54, 1.807) is 6.20 Å². The van der Waals surface area contributed by atoms with Gasteiger partial charge in [-0.15, -0.1) is 0 Å². The first kappa shape index (κ1) is 19.7. The van der Waals surface area contributed by atoms with E-state index in [1.165, 1.54) is 30.2 Å². The molecule has 1 heterocycles. The van der Waals surface area contributed by atoms with Gasteiger partial charge in [0.25, 0.3) is 5.91 Å². The number of amides is 1. The summed E-state index contributed by atoms with van der Waals surface area (Å²) >= 11 is 0. The molecule has 5 heteroatoms. The molecule has 0 saturated carbocycles. The zero-order valence-corrected chi connectivity index (χ0v) is 17.0. The van der Waals surface area contributed by atoms with Crippen LogP contribution < -0.4 is 10.6 Å². The molecular weight excluding hydrogens is 372 g/mol. The van der Waals surface area contributed by atoms with Crippen LogP contribution in [0.5, 0.6) is 0 Å². The molecule has 0 spiro atoms. The first-order valence-corrected chi connectivity index (χ1v) is 10.3. The van der Waals surface area contributed by atoms with Crippen LogP contribution in [0.15, 0.2) is 66.5 Å². The molecule has 1 amide bonds. The van der Waals surface area contributed by atoms with Crippen molar-refractivity contribution in [3.8, 4) is 6.07 Å². The maximum absolute atomic E-state index is 12.7. The van der Waals surface area contributed by atoms with Crippen LogP contribution in [0.4, 0.5) is 5.69 Å². The minimum Gasteiger partial charge on any atom is -0.358 e. The Bertz CT molecular complexity index is 1150. The highest BCUT2D eigenvalue weighted by molar-refractivity contribution is 5.98. The first-order chi connectivity index (χ1) is 14.7. The lowest BCUT2D eigenvalue weighted by atomic mass is 9.89. The van der Waals surface area contributed by atoms with Gasteiger partial charge in [-0.2, -0.15) is 5.26 Å². The summed E-state index contributed by atoms with van der Waals surface area (Å²) in [4.78, 5) is 17.1. The zero-order valence-electron chi connectivity index (χ0n) is 17.0. The number of pyridine rings is 1. The Morgan fingerprint density at radius 2 is 1.93 bits per heavy atom. The number of carbonyl (C=O) groups is 1. The van der Waals surface area contributed by atoms with Crippen molar-refractivity contribution in [1.29, 1.82) is 5.26 Å². The average Bonchev–Trinajstić information content (AvgIpc) is 2.79. The topological polar surface area (TPSA) is 77.8 Å². The van der Waals surface area contributed by atoms with Gasteiger partial charge in [-0.3, -0.25) is 9.78 Å². The monoisotopic (exact) mass is 396 g/mol. The molecular formula is C25H24N4O. The molecule has 0 saturated heterocycles. The molecule has 0 radical (unpaired) electrons. The molecule has 1 unspecified atom stereocenters. The Kier molecular flexibility index (Phi) is 5.76. The summed E-state index contributed by atoms with van der Waals surface area (Å²) in [5.41, 5.74) is 5.41. The number of benzene rings is 2. The van der Waals surface area contributed by atoms with Crippen molar-refractivity contribution in [2.75, 3.05) is 5.32 Å². The summed E-state index contributed by atoms with van der Waals surface area (Å²) in [6.45, 7) is 1.94. The smallest absolute Gasteiger partial charge is 0.263 e. The van der Waals surface area contributed by atoms with E-state index in [4.69, 9.17) is 0 Å². The maximum atomic E-state index is 12.7. The predicted octanol–water partition coefficient (Wildman–Crippen LogP) is 4.81. The highest BCUT2D eigenvalue weighted by Crippen LogP contribution is 2.25. The third-order valence-corrected chi connectivity index (χ3v) is 5.59. The van der Waals surface area contributed by atoms with E-state index < -0.39 is 5.91 Å². The quantitative estimate of drug-likeness (QED) is 0.479. The summed E-state index contributed by atoms with van der Waals surface area (Å²) in [5.74, 6) is -0.400. The number of nitrogens with one attached hydrogen (secondary N) is 2. The van der Waals surface area contributed by atoms with E-state index in [0.29, 0.717) is 0 Å². The molecule has 1 aromatic heterocycles. The molecule has 2 N–H and O–H groups in total. The van der Waals surface area contributed by atoms with Gasteiger partial charge in [-0.05, 0) is 61.4 Å². The molecule has 0 fully saturated rings. The van der Waals surface area contributed by atoms with Crippen molar-refractivity contribution in [3.63, 3.8) is 0 Å². The molecule has 1 atom stereocenters. The van der Waals surface area contributed by atoms with Crippen molar-refractivity contribution >= 4 is 22.5 Å². The molecule has 5 nitrogen and oxygen atoms in total. The molecule has 2 aromatic carbocycles. The van der Waals surface area contributed by atoms with Crippen molar-refractivity contribution in [3.05, 3.63) is 83.2 Å². The molecule has 4 rings (SSSR count). The SMILES string of the molecule is CC(NC(=O)/C(C#N)=C\Nc1cccc2cccnc12)c1ccc2c(c1)CCCC2. The number of carbonyl (C=O) groups excluding carboxylic acids is 1. The number of aromatic nitrogens is 1. The summed E-state index contributed by atoms with van der Waals surface area (Å²) in [6, 6.07) is 17.8. The van der Waals surface area contributed by atoms with Crippen molar-refractivity contribution < 1.29 is 4.79 Å². The Balaban J connectivity index is 1.48. The second-order valence-corrected chi connectivity index (χ2v) is 7.63. The highest BCUT2D eigenvalue weighted by atomic mass is 16.1. The summed E-state index contributed by atoms with van der Waals surface area (Å²) < 4.78 is 0. The molecule has 150 valence electrons. The Morgan fingerprint density at radius 1 is 1.13 bits per heavy atom. The van der Waals surface area contributed by atoms with Crippen molar-refractivity contribution in [2.45, 2.75) is 38.6 Å². The van der Waals surface area contributed by atoms with E-state index in [2.05, 4.69) is 33.8 Å². The van der Waals surface area contributed by atoms with Gasteiger partial charge in [0, 0.05) is 17.8 Å². The maximum Gasteiger partial charge on any atom is 0.263 e. The number of hydrogen-bond acceptors (Lipinski definition) is 4. The molecule has 1 aliphatic rings. The van der Waals surface area contributed by atoms with Crippen LogP contribution >= 0.6 is 0 Å². The van der Waals surface area contributed by atoms with E-state index in [1.807, 2.05) is 43.3 Å². The van der Waals surface area contributed by atoms with Crippen molar-refractivity contribution in [2.24, 2.45) is 0 Å². The Labute approximate surface area is 176 Å². The minimum atomic E-state index is -0.400. The van der Waals surface area contributed by atoms with Crippen LogP contribution in [0.1, 0.15) is 42.5 Å². The predicted molar refractivity (Wildman–Crippen MR) is 119 cm³/mol. The van der Waals surface area contributed by atoms with Gasteiger partial charge in [-0.25, -0.2) is 0 Å². The minimum absolute atomic E-state index is 0.0211. The fourth-order valence-corrected chi connectivity index (χ4v) is 3.90. The van der Waals surface area contributed by atoms with Crippen LogP contribution in [0.2, 0.25) is 0 Å². The van der Waals surface area contributed by atoms with Gasteiger partial charge in [0.2, 0.25) is 0 Å². The molecule has 0 bridgehead atoms. The van der Waals surface area contributed by atoms with E-state index in [-0.39, 0.29) is 11.6 Å². The number of rotatable bonds is 5. The Hall–Kier alpha value is -3.65. The van der Waals surface area contributed by atoms with Crippen LogP contribution in [-0.4, -0.2) is 10.9 Å². The summed E-state index contributed by atoms with van der Waals surface area (Å²) in [6.07, 6.45) is 7.84. The number of anilines is 1. The number of para-hydroxylation sites is 1. The number of nitriles is 1. The third-order valence-electron chi connectivity index (χ3n) is 5.59. The van der Waals surface area contributed by atoms with Crippen molar-refractivity contribution in [1.82, 2.24) is 10.3 Å².